The van der Waals surface area contributed by atoms with Crippen LogP contribution in [0.5, 0.6) is 5.75 Å². The zero-order valence-electron chi connectivity index (χ0n) is 16.8. The molecule has 2 heterocycles. The van der Waals surface area contributed by atoms with Crippen LogP contribution in [0, 0.1) is 5.82 Å². The quantitative estimate of drug-likeness (QED) is 0.372. The number of anilines is 1. The Balaban J connectivity index is 0.00000300. The number of aryl methyl sites for hydroxylation is 1. The molecular weight excluding hydrogens is 490 g/mol. The van der Waals surface area contributed by atoms with Crippen LogP contribution in [-0.4, -0.2) is 66.9 Å². The molecule has 0 atom stereocenters. The van der Waals surface area contributed by atoms with Crippen LogP contribution in [0.4, 0.5) is 10.1 Å². The van der Waals surface area contributed by atoms with Gasteiger partial charge in [-0.15, -0.1) is 24.0 Å². The summed E-state index contributed by atoms with van der Waals surface area (Å²) in [6, 6.07) is 4.93. The number of carbonyl (C=O) groups is 1. The largest absolute Gasteiger partial charge is 0.494 e. The molecule has 2 aromatic rings. The van der Waals surface area contributed by atoms with Crippen LogP contribution < -0.4 is 15.0 Å². The number of guanidine groups is 1. The monoisotopic (exact) mass is 516 g/mol. The normalized spacial score (nSPS) is 14.6. The Kier molecular flexibility index (Phi) is 8.23. The summed E-state index contributed by atoms with van der Waals surface area (Å²) in [4.78, 5) is 20.5. The standard InChI is InChI=1S/C19H25FN6O2.HI/c1-21-19(22-7-6-14-4-5-17(28-3)16(20)10-14)25-8-9-26(18(27)13-25)15-11-23-24(2)12-15;/h4-5,10-12H,6-9,13H2,1-3H3,(H,21,22);1H. The van der Waals surface area contributed by atoms with Crippen LogP contribution in [0.3, 0.4) is 0 Å². The fourth-order valence-electron chi connectivity index (χ4n) is 3.19. The van der Waals surface area contributed by atoms with Gasteiger partial charge in [-0.25, -0.2) is 4.39 Å². The van der Waals surface area contributed by atoms with E-state index < -0.39 is 0 Å². The van der Waals surface area contributed by atoms with Crippen molar-refractivity contribution in [3.8, 4) is 5.75 Å². The Labute approximate surface area is 186 Å². The Bertz CT molecular complexity index is 872. The molecule has 0 aliphatic carbocycles. The third-order valence-corrected chi connectivity index (χ3v) is 4.65. The van der Waals surface area contributed by atoms with Gasteiger partial charge in [0.2, 0.25) is 5.91 Å². The Morgan fingerprint density at radius 2 is 2.17 bits per heavy atom. The summed E-state index contributed by atoms with van der Waals surface area (Å²) in [6.07, 6.45) is 4.15. The highest BCUT2D eigenvalue weighted by Crippen LogP contribution is 2.18. The number of amides is 1. The van der Waals surface area contributed by atoms with Crippen molar-refractivity contribution in [2.75, 3.05) is 45.2 Å². The number of hydrogen-bond donors (Lipinski definition) is 1. The van der Waals surface area contributed by atoms with Gasteiger partial charge in [-0.3, -0.25) is 14.5 Å². The summed E-state index contributed by atoms with van der Waals surface area (Å²) >= 11 is 0. The van der Waals surface area contributed by atoms with E-state index in [9.17, 15) is 9.18 Å². The Morgan fingerprint density at radius 1 is 1.38 bits per heavy atom. The van der Waals surface area contributed by atoms with Gasteiger partial charge in [0.25, 0.3) is 0 Å². The third kappa shape index (κ3) is 5.58. The molecule has 29 heavy (non-hydrogen) atoms. The highest BCUT2D eigenvalue weighted by Gasteiger charge is 2.27. The fourth-order valence-corrected chi connectivity index (χ4v) is 3.19. The maximum Gasteiger partial charge on any atom is 0.246 e. The molecule has 0 spiro atoms. The van der Waals surface area contributed by atoms with E-state index >= 15 is 0 Å². The van der Waals surface area contributed by atoms with Crippen molar-refractivity contribution in [3.63, 3.8) is 0 Å². The molecule has 1 aromatic carbocycles. The molecule has 10 heteroatoms. The SMILES string of the molecule is CN=C(NCCc1ccc(OC)c(F)c1)N1CCN(c2cnn(C)c2)C(=O)C1.I. The predicted molar refractivity (Wildman–Crippen MR) is 121 cm³/mol. The summed E-state index contributed by atoms with van der Waals surface area (Å²) in [5.41, 5.74) is 1.66. The molecule has 1 aliphatic rings. The lowest BCUT2D eigenvalue weighted by molar-refractivity contribution is -0.120. The van der Waals surface area contributed by atoms with Crippen molar-refractivity contribution in [1.29, 1.82) is 0 Å². The molecule has 1 N–H and O–H groups in total. The van der Waals surface area contributed by atoms with Gasteiger partial charge in [0.1, 0.15) is 6.54 Å². The number of aliphatic imine (C=N–C) groups is 1. The highest BCUT2D eigenvalue weighted by atomic mass is 127. The smallest absolute Gasteiger partial charge is 0.246 e. The number of piperazine rings is 1. The van der Waals surface area contributed by atoms with Crippen molar-refractivity contribution < 1.29 is 13.9 Å². The Morgan fingerprint density at radius 3 is 2.76 bits per heavy atom. The minimum Gasteiger partial charge on any atom is -0.494 e. The van der Waals surface area contributed by atoms with Crippen LogP contribution >= 0.6 is 24.0 Å². The molecule has 8 nitrogen and oxygen atoms in total. The second kappa shape index (κ2) is 10.4. The molecule has 1 aliphatic heterocycles. The second-order valence-electron chi connectivity index (χ2n) is 6.53. The highest BCUT2D eigenvalue weighted by molar-refractivity contribution is 14.0. The van der Waals surface area contributed by atoms with E-state index in [1.54, 1.807) is 28.9 Å². The molecule has 158 valence electrons. The number of methoxy groups -OCH3 is 1. The summed E-state index contributed by atoms with van der Waals surface area (Å²) in [5, 5.41) is 7.37. The molecule has 0 radical (unpaired) electrons. The van der Waals surface area contributed by atoms with Gasteiger partial charge in [-0.2, -0.15) is 5.10 Å². The van der Waals surface area contributed by atoms with E-state index in [0.717, 1.165) is 11.3 Å². The minimum absolute atomic E-state index is 0. The van der Waals surface area contributed by atoms with Gasteiger partial charge >= 0.3 is 0 Å². The number of carbonyl (C=O) groups excluding carboxylic acids is 1. The maximum absolute atomic E-state index is 13.8. The number of nitrogens with one attached hydrogen (secondary N) is 1. The van der Waals surface area contributed by atoms with E-state index in [0.29, 0.717) is 32.0 Å². The average molecular weight is 516 g/mol. The van der Waals surface area contributed by atoms with Crippen LogP contribution in [0.25, 0.3) is 0 Å². The van der Waals surface area contributed by atoms with Crippen molar-refractivity contribution >= 4 is 41.5 Å². The van der Waals surface area contributed by atoms with Crippen LogP contribution in [0.2, 0.25) is 0 Å². The van der Waals surface area contributed by atoms with Crippen molar-refractivity contribution in [2.45, 2.75) is 6.42 Å². The number of rotatable bonds is 5. The molecule has 3 rings (SSSR count). The van der Waals surface area contributed by atoms with Gasteiger partial charge in [0.15, 0.2) is 17.5 Å². The number of benzene rings is 1. The molecular formula is C19H26FIN6O2. The third-order valence-electron chi connectivity index (χ3n) is 4.65. The number of hydrogen-bond acceptors (Lipinski definition) is 4. The molecule has 0 bridgehead atoms. The second-order valence-corrected chi connectivity index (χ2v) is 6.53. The first-order valence-electron chi connectivity index (χ1n) is 9.09. The molecule has 0 unspecified atom stereocenters. The van der Waals surface area contributed by atoms with Gasteiger partial charge in [0.05, 0.1) is 19.0 Å². The van der Waals surface area contributed by atoms with Gasteiger partial charge in [0, 0.05) is 39.9 Å². The first kappa shape index (κ1) is 22.9. The summed E-state index contributed by atoms with van der Waals surface area (Å²) in [7, 11) is 4.96. The van der Waals surface area contributed by atoms with Crippen LogP contribution in [-0.2, 0) is 18.3 Å². The minimum atomic E-state index is -0.374. The first-order valence-corrected chi connectivity index (χ1v) is 9.09. The van der Waals surface area contributed by atoms with Crippen molar-refractivity contribution in [3.05, 3.63) is 42.0 Å². The lowest BCUT2D eigenvalue weighted by Crippen LogP contribution is -2.55. The number of nitrogens with zero attached hydrogens (tertiary/aromatic N) is 5. The number of aromatic nitrogens is 2. The Hall–Kier alpha value is -2.37. The summed E-state index contributed by atoms with van der Waals surface area (Å²) in [5.74, 6) is 0.520. The molecule has 1 amide bonds. The first-order chi connectivity index (χ1) is 13.5. The average Bonchev–Trinajstić information content (AvgIpc) is 3.11. The molecule has 1 aromatic heterocycles. The summed E-state index contributed by atoms with van der Waals surface area (Å²) in [6.45, 7) is 2.05. The lowest BCUT2D eigenvalue weighted by atomic mass is 10.1. The fraction of sp³-hybridized carbons (Fsp3) is 0.421. The number of halogens is 2. The van der Waals surface area contributed by atoms with E-state index in [1.807, 2.05) is 24.2 Å². The summed E-state index contributed by atoms with van der Waals surface area (Å²) < 4.78 is 20.4. The van der Waals surface area contributed by atoms with Gasteiger partial charge in [-0.1, -0.05) is 6.07 Å². The lowest BCUT2D eigenvalue weighted by Gasteiger charge is -2.35. The van der Waals surface area contributed by atoms with E-state index in [4.69, 9.17) is 4.74 Å². The number of ether oxygens (including phenoxy) is 1. The van der Waals surface area contributed by atoms with Crippen LogP contribution in [0.15, 0.2) is 35.6 Å². The van der Waals surface area contributed by atoms with Crippen molar-refractivity contribution in [1.82, 2.24) is 20.0 Å². The zero-order valence-corrected chi connectivity index (χ0v) is 19.1. The predicted octanol–water partition coefficient (Wildman–Crippen LogP) is 1.65. The van der Waals surface area contributed by atoms with E-state index in [-0.39, 0.29) is 48.0 Å². The van der Waals surface area contributed by atoms with E-state index in [1.165, 1.54) is 13.2 Å². The van der Waals surface area contributed by atoms with E-state index in [2.05, 4.69) is 15.4 Å². The van der Waals surface area contributed by atoms with Crippen molar-refractivity contribution in [2.24, 2.45) is 12.0 Å². The molecule has 1 saturated heterocycles. The molecule has 1 fully saturated rings. The molecule has 0 saturated carbocycles. The van der Waals surface area contributed by atoms with Crippen LogP contribution in [0.1, 0.15) is 5.56 Å². The van der Waals surface area contributed by atoms with Gasteiger partial charge in [-0.05, 0) is 24.1 Å². The van der Waals surface area contributed by atoms with Gasteiger partial charge < -0.3 is 19.9 Å². The maximum atomic E-state index is 13.8. The topological polar surface area (TPSA) is 75.0 Å². The zero-order chi connectivity index (χ0) is 20.1.